The Morgan fingerprint density at radius 1 is 1.12 bits per heavy atom. The fourth-order valence-electron chi connectivity index (χ4n) is 2.86. The maximum absolute atomic E-state index is 12.8. The Morgan fingerprint density at radius 3 is 2.46 bits per heavy atom. The molecule has 1 atom stereocenters. The summed E-state index contributed by atoms with van der Waals surface area (Å²) in [6.07, 6.45) is 3.04. The molecule has 0 unspecified atom stereocenters. The third kappa shape index (κ3) is 3.44. The minimum absolute atomic E-state index is 0.399. The molecule has 6 heteroatoms. The highest BCUT2D eigenvalue weighted by Crippen LogP contribution is 2.30. The number of ether oxygens (including phenoxy) is 1. The van der Waals surface area contributed by atoms with Crippen LogP contribution in [0.3, 0.4) is 0 Å². The Morgan fingerprint density at radius 2 is 1.81 bits per heavy atom. The van der Waals surface area contributed by atoms with Gasteiger partial charge in [0.2, 0.25) is 0 Å². The summed E-state index contributed by atoms with van der Waals surface area (Å²) in [5.41, 5.74) is 0.720. The third-order valence-corrected chi connectivity index (χ3v) is 4.44. The van der Waals surface area contributed by atoms with Crippen LogP contribution in [0.1, 0.15) is 24.5 Å². The molecule has 1 fully saturated rings. The van der Waals surface area contributed by atoms with Gasteiger partial charge < -0.3 is 10.1 Å². The maximum atomic E-state index is 12.8. The van der Waals surface area contributed by atoms with Crippen LogP contribution in [-0.4, -0.2) is 30.3 Å². The molecule has 1 aliphatic rings. The lowest BCUT2D eigenvalue weighted by Crippen LogP contribution is -2.40. The molecular weight excluding hydrogens is 330 g/mol. The van der Waals surface area contributed by atoms with E-state index in [2.05, 4.69) is 10.4 Å². The molecule has 0 spiro atoms. The van der Waals surface area contributed by atoms with E-state index >= 15 is 0 Å². The van der Waals surface area contributed by atoms with Gasteiger partial charge in [-0.15, -0.1) is 5.01 Å². The third-order valence-electron chi connectivity index (χ3n) is 4.44. The Labute approximate surface area is 152 Å². The van der Waals surface area contributed by atoms with E-state index in [1.165, 1.54) is 5.56 Å². The second kappa shape index (κ2) is 7.39. The summed E-state index contributed by atoms with van der Waals surface area (Å²) in [4.78, 5) is 25.0. The molecule has 6 nitrogen and oxygen atoms in total. The number of hydrogen-bond acceptors (Lipinski definition) is 4. The van der Waals surface area contributed by atoms with E-state index in [9.17, 15) is 9.59 Å². The van der Waals surface area contributed by atoms with Gasteiger partial charge in [-0.1, -0.05) is 42.5 Å². The topological polar surface area (TPSA) is 71.0 Å². The number of urea groups is 1. The Balaban J connectivity index is 1.68. The van der Waals surface area contributed by atoms with Gasteiger partial charge in [0, 0.05) is 6.21 Å². The van der Waals surface area contributed by atoms with Crippen molar-refractivity contribution in [2.45, 2.75) is 25.3 Å². The van der Waals surface area contributed by atoms with Gasteiger partial charge in [-0.3, -0.25) is 4.79 Å². The largest absolute Gasteiger partial charge is 0.497 e. The highest BCUT2D eigenvalue weighted by Gasteiger charge is 2.49. The molecule has 2 aromatic carbocycles. The van der Waals surface area contributed by atoms with Crippen LogP contribution in [0.2, 0.25) is 0 Å². The number of aryl methyl sites for hydroxylation is 1. The van der Waals surface area contributed by atoms with Gasteiger partial charge in [-0.05, 0) is 43.0 Å². The standard InChI is InChI=1S/C20H21N3O3/c1-20(16-10-12-17(26-2)13-11-16)18(24)23(19(25)22-20)21-14-6-9-15-7-4-3-5-8-15/h3-5,7-8,10-14H,6,9H2,1-2H3,(H,22,25)/b21-14-/t20-/m1/s1. The van der Waals surface area contributed by atoms with Crippen LogP contribution in [0.4, 0.5) is 4.79 Å². The Kier molecular flexibility index (Phi) is 5.02. The van der Waals surface area contributed by atoms with Crippen molar-refractivity contribution in [3.8, 4) is 5.75 Å². The first-order chi connectivity index (χ1) is 12.5. The number of carbonyl (C=O) groups excluding carboxylic acids is 2. The van der Waals surface area contributed by atoms with Crippen molar-refractivity contribution < 1.29 is 14.3 Å². The van der Waals surface area contributed by atoms with Gasteiger partial charge in [-0.2, -0.15) is 5.10 Å². The minimum Gasteiger partial charge on any atom is -0.497 e. The van der Waals surface area contributed by atoms with Gasteiger partial charge in [0.25, 0.3) is 5.91 Å². The van der Waals surface area contributed by atoms with E-state index in [0.717, 1.165) is 11.4 Å². The van der Waals surface area contributed by atoms with Crippen molar-refractivity contribution in [1.82, 2.24) is 10.3 Å². The van der Waals surface area contributed by atoms with Crippen LogP contribution >= 0.6 is 0 Å². The summed E-state index contributed by atoms with van der Waals surface area (Å²) in [6.45, 7) is 1.68. The molecule has 3 rings (SSSR count). The molecule has 2 aromatic rings. The predicted octanol–water partition coefficient (Wildman–Crippen LogP) is 3.08. The fourth-order valence-corrected chi connectivity index (χ4v) is 2.86. The van der Waals surface area contributed by atoms with Gasteiger partial charge >= 0.3 is 6.03 Å². The second-order valence-electron chi connectivity index (χ2n) is 6.22. The van der Waals surface area contributed by atoms with E-state index in [4.69, 9.17) is 4.74 Å². The van der Waals surface area contributed by atoms with Gasteiger partial charge in [0.15, 0.2) is 0 Å². The lowest BCUT2D eigenvalue weighted by atomic mass is 9.92. The lowest BCUT2D eigenvalue weighted by molar-refractivity contribution is -0.131. The molecular formula is C20H21N3O3. The molecule has 1 heterocycles. The van der Waals surface area contributed by atoms with E-state index in [-0.39, 0.29) is 0 Å². The van der Waals surface area contributed by atoms with Gasteiger partial charge in [0.1, 0.15) is 11.3 Å². The number of imide groups is 1. The molecule has 26 heavy (non-hydrogen) atoms. The number of hydrogen-bond donors (Lipinski definition) is 1. The second-order valence-corrected chi connectivity index (χ2v) is 6.22. The quantitative estimate of drug-likeness (QED) is 0.642. The predicted molar refractivity (Wildman–Crippen MR) is 99.0 cm³/mol. The normalized spacial score (nSPS) is 19.8. The van der Waals surface area contributed by atoms with Crippen LogP contribution in [0.25, 0.3) is 0 Å². The molecule has 0 saturated carbocycles. The molecule has 134 valence electrons. The highest BCUT2D eigenvalue weighted by molar-refractivity contribution is 6.07. The van der Waals surface area contributed by atoms with Crippen molar-refractivity contribution >= 4 is 18.2 Å². The minimum atomic E-state index is -1.14. The van der Waals surface area contributed by atoms with Gasteiger partial charge in [0.05, 0.1) is 7.11 Å². The van der Waals surface area contributed by atoms with E-state index in [1.807, 2.05) is 30.3 Å². The summed E-state index contributed by atoms with van der Waals surface area (Å²) in [6, 6.07) is 16.5. The summed E-state index contributed by atoms with van der Waals surface area (Å²) in [5.74, 6) is 0.286. The SMILES string of the molecule is COc1ccc([C@@]2(C)NC(=O)N(/N=C\CCc3ccccc3)C2=O)cc1. The average molecular weight is 351 g/mol. The molecule has 0 aromatic heterocycles. The van der Waals surface area contributed by atoms with Crippen LogP contribution in [0, 0.1) is 0 Å². The van der Waals surface area contributed by atoms with E-state index in [0.29, 0.717) is 17.7 Å². The zero-order valence-corrected chi connectivity index (χ0v) is 14.8. The molecule has 0 bridgehead atoms. The summed E-state index contributed by atoms with van der Waals surface area (Å²) in [7, 11) is 1.57. The summed E-state index contributed by atoms with van der Waals surface area (Å²) < 4.78 is 5.13. The van der Waals surface area contributed by atoms with Crippen LogP contribution < -0.4 is 10.1 Å². The molecule has 1 N–H and O–H groups in total. The Bertz CT molecular complexity index is 818. The van der Waals surface area contributed by atoms with Crippen LogP contribution in [-0.2, 0) is 16.8 Å². The molecule has 0 radical (unpaired) electrons. The van der Waals surface area contributed by atoms with Crippen molar-refractivity contribution in [1.29, 1.82) is 0 Å². The maximum Gasteiger partial charge on any atom is 0.346 e. The summed E-state index contributed by atoms with van der Waals surface area (Å²) in [5, 5.41) is 7.70. The zero-order valence-electron chi connectivity index (χ0n) is 14.8. The molecule has 1 saturated heterocycles. The number of rotatable bonds is 6. The number of hydrazone groups is 1. The number of methoxy groups -OCH3 is 1. The van der Waals surface area contributed by atoms with Crippen molar-refractivity contribution in [2.75, 3.05) is 7.11 Å². The number of nitrogens with one attached hydrogen (secondary N) is 1. The number of benzene rings is 2. The van der Waals surface area contributed by atoms with Crippen LogP contribution in [0.15, 0.2) is 59.7 Å². The average Bonchev–Trinajstić information content (AvgIpc) is 2.89. The fraction of sp³-hybridized carbons (Fsp3) is 0.250. The van der Waals surface area contributed by atoms with E-state index < -0.39 is 17.5 Å². The molecule has 1 aliphatic heterocycles. The van der Waals surface area contributed by atoms with Gasteiger partial charge in [-0.25, -0.2) is 4.79 Å². The number of nitrogens with zero attached hydrogens (tertiary/aromatic N) is 2. The first-order valence-electron chi connectivity index (χ1n) is 8.42. The zero-order chi connectivity index (χ0) is 18.6. The lowest BCUT2D eigenvalue weighted by Gasteiger charge is -2.21. The smallest absolute Gasteiger partial charge is 0.346 e. The monoisotopic (exact) mass is 351 g/mol. The molecule has 0 aliphatic carbocycles. The van der Waals surface area contributed by atoms with E-state index in [1.54, 1.807) is 44.5 Å². The van der Waals surface area contributed by atoms with Crippen molar-refractivity contribution in [2.24, 2.45) is 5.10 Å². The van der Waals surface area contributed by atoms with Crippen molar-refractivity contribution in [3.63, 3.8) is 0 Å². The first-order valence-corrected chi connectivity index (χ1v) is 8.42. The van der Waals surface area contributed by atoms with Crippen LogP contribution in [0.5, 0.6) is 5.75 Å². The number of carbonyl (C=O) groups is 2. The van der Waals surface area contributed by atoms with Crippen molar-refractivity contribution in [3.05, 3.63) is 65.7 Å². The number of amides is 3. The summed E-state index contributed by atoms with van der Waals surface area (Å²) >= 11 is 0. The Hall–Kier alpha value is -3.15. The highest BCUT2D eigenvalue weighted by atomic mass is 16.5. The molecule has 3 amide bonds. The first kappa shape index (κ1) is 17.7.